The number of carboxylic acids is 1. The van der Waals surface area contributed by atoms with Crippen molar-refractivity contribution >= 4 is 17.7 Å². The zero-order valence-electron chi connectivity index (χ0n) is 10.6. The van der Waals surface area contributed by atoms with E-state index in [4.69, 9.17) is 11.5 Å². The number of aliphatic carboxylic acids is 1. The monoisotopic (exact) mass is 263 g/mol. The average molecular weight is 263 g/mol. The van der Waals surface area contributed by atoms with Gasteiger partial charge in [0.25, 0.3) is 0 Å². The number of thioether (sulfide) groups is 1. The summed E-state index contributed by atoms with van der Waals surface area (Å²) in [5, 5.41) is 8.87. The average Bonchev–Trinajstić information content (AvgIpc) is 2.37. The van der Waals surface area contributed by atoms with Gasteiger partial charge in [0.1, 0.15) is 0 Å². The number of carbonyl (C=O) groups is 1. The molecular formula is C14H17NO2S. The number of hydrogen-bond acceptors (Lipinski definition) is 3. The van der Waals surface area contributed by atoms with Crippen LogP contribution in [0.5, 0.6) is 0 Å². The highest BCUT2D eigenvalue weighted by Crippen LogP contribution is 2.22. The minimum Gasteiger partial charge on any atom is -0.480 e. The van der Waals surface area contributed by atoms with Gasteiger partial charge in [0.05, 0.1) is 13.1 Å². The Bertz CT molecular complexity index is 436. The van der Waals surface area contributed by atoms with Crippen LogP contribution >= 0.6 is 11.8 Å². The summed E-state index contributed by atoms with van der Waals surface area (Å²) in [5.74, 6) is 1.64. The van der Waals surface area contributed by atoms with Crippen molar-refractivity contribution in [2.24, 2.45) is 0 Å². The van der Waals surface area contributed by atoms with Gasteiger partial charge >= 0.3 is 5.97 Å². The van der Waals surface area contributed by atoms with Gasteiger partial charge in [0, 0.05) is 10.9 Å². The van der Waals surface area contributed by atoms with Crippen LogP contribution in [0.2, 0.25) is 0 Å². The Morgan fingerprint density at radius 1 is 1.50 bits per heavy atom. The summed E-state index contributed by atoms with van der Waals surface area (Å²) in [6.07, 6.45) is 7.30. The van der Waals surface area contributed by atoms with E-state index in [2.05, 4.69) is 5.92 Å². The first-order valence-corrected chi connectivity index (χ1v) is 6.84. The van der Waals surface area contributed by atoms with E-state index in [0.29, 0.717) is 6.54 Å². The molecule has 96 valence electrons. The zero-order valence-corrected chi connectivity index (χ0v) is 11.4. The maximum Gasteiger partial charge on any atom is 0.317 e. The Hall–Kier alpha value is -1.44. The zero-order chi connectivity index (χ0) is 13.5. The molecule has 0 amide bonds. The first kappa shape index (κ1) is 14.6. The van der Waals surface area contributed by atoms with Crippen molar-refractivity contribution < 1.29 is 9.90 Å². The first-order chi connectivity index (χ1) is 8.58. The summed E-state index contributed by atoms with van der Waals surface area (Å²) in [7, 11) is 0. The van der Waals surface area contributed by atoms with E-state index in [1.165, 1.54) is 4.90 Å². The molecule has 0 saturated heterocycles. The van der Waals surface area contributed by atoms with Crippen LogP contribution in [-0.2, 0) is 4.79 Å². The van der Waals surface area contributed by atoms with Gasteiger partial charge in [-0.15, -0.1) is 18.2 Å². The standard InChI is InChI=1S/C14H17NO2S/c1-4-9-15(10-14(16)17)11(2)12-5-7-13(18-3)8-6-12/h1,5-8,11H,9-10H2,2-3H3,(H,16,17). The molecule has 0 aliphatic heterocycles. The van der Waals surface area contributed by atoms with Gasteiger partial charge in [-0.3, -0.25) is 9.69 Å². The maximum absolute atomic E-state index is 10.8. The van der Waals surface area contributed by atoms with Crippen molar-refractivity contribution in [2.45, 2.75) is 17.9 Å². The number of carboxylic acid groups (broad SMARTS) is 1. The molecule has 1 unspecified atom stereocenters. The summed E-state index contributed by atoms with van der Waals surface area (Å²) in [5.41, 5.74) is 1.07. The predicted octanol–water partition coefficient (Wildman–Crippen LogP) is 2.49. The van der Waals surface area contributed by atoms with Crippen molar-refractivity contribution in [3.8, 4) is 12.3 Å². The van der Waals surface area contributed by atoms with Crippen LogP contribution in [0.1, 0.15) is 18.5 Å². The van der Waals surface area contributed by atoms with E-state index in [1.54, 1.807) is 16.7 Å². The van der Waals surface area contributed by atoms with E-state index in [0.717, 1.165) is 5.56 Å². The second-order valence-electron chi connectivity index (χ2n) is 3.95. The van der Waals surface area contributed by atoms with Gasteiger partial charge in [-0.2, -0.15) is 0 Å². The summed E-state index contributed by atoms with van der Waals surface area (Å²) in [6.45, 7) is 2.25. The fourth-order valence-corrected chi connectivity index (χ4v) is 2.12. The molecule has 1 N–H and O–H groups in total. The van der Waals surface area contributed by atoms with Gasteiger partial charge in [-0.25, -0.2) is 0 Å². The molecule has 0 aliphatic rings. The molecule has 1 aromatic carbocycles. The number of rotatable bonds is 6. The molecular weight excluding hydrogens is 246 g/mol. The van der Waals surface area contributed by atoms with Crippen molar-refractivity contribution in [1.82, 2.24) is 4.90 Å². The summed E-state index contributed by atoms with van der Waals surface area (Å²) < 4.78 is 0. The lowest BCUT2D eigenvalue weighted by atomic mass is 10.1. The molecule has 4 heteroatoms. The number of terminal acetylenes is 1. The molecule has 0 aromatic heterocycles. The van der Waals surface area contributed by atoms with Crippen LogP contribution in [0, 0.1) is 12.3 Å². The predicted molar refractivity (Wildman–Crippen MR) is 74.7 cm³/mol. The smallest absolute Gasteiger partial charge is 0.317 e. The topological polar surface area (TPSA) is 40.5 Å². The highest BCUT2D eigenvalue weighted by molar-refractivity contribution is 7.98. The van der Waals surface area contributed by atoms with Crippen molar-refractivity contribution in [3.63, 3.8) is 0 Å². The van der Waals surface area contributed by atoms with Gasteiger partial charge in [0.15, 0.2) is 0 Å². The molecule has 0 heterocycles. The van der Waals surface area contributed by atoms with Gasteiger partial charge in [-0.1, -0.05) is 18.1 Å². The SMILES string of the molecule is C#CCN(CC(=O)O)C(C)c1ccc(SC)cc1. The fourth-order valence-electron chi connectivity index (χ4n) is 1.71. The molecule has 0 saturated carbocycles. The lowest BCUT2D eigenvalue weighted by molar-refractivity contribution is -0.138. The highest BCUT2D eigenvalue weighted by Gasteiger charge is 2.17. The number of benzene rings is 1. The molecule has 3 nitrogen and oxygen atoms in total. The van der Waals surface area contributed by atoms with E-state index < -0.39 is 5.97 Å². The third-order valence-electron chi connectivity index (χ3n) is 2.78. The Morgan fingerprint density at radius 3 is 2.56 bits per heavy atom. The second kappa shape index (κ2) is 7.10. The molecule has 0 radical (unpaired) electrons. The van der Waals surface area contributed by atoms with Gasteiger partial charge in [-0.05, 0) is 30.9 Å². The molecule has 0 aliphatic carbocycles. The van der Waals surface area contributed by atoms with Gasteiger partial charge in [0.2, 0.25) is 0 Å². The van der Waals surface area contributed by atoms with E-state index >= 15 is 0 Å². The van der Waals surface area contributed by atoms with Crippen LogP contribution in [-0.4, -0.2) is 35.3 Å². The Kier molecular flexibility index (Phi) is 5.76. The normalized spacial score (nSPS) is 12.1. The van der Waals surface area contributed by atoms with Crippen molar-refractivity contribution in [1.29, 1.82) is 0 Å². The summed E-state index contributed by atoms with van der Waals surface area (Å²) in [6, 6.07) is 8.09. The molecule has 1 aromatic rings. The third-order valence-corrected chi connectivity index (χ3v) is 3.52. The lowest BCUT2D eigenvalue weighted by Crippen LogP contribution is -2.32. The molecule has 0 spiro atoms. The first-order valence-electron chi connectivity index (χ1n) is 5.61. The van der Waals surface area contributed by atoms with Crippen LogP contribution < -0.4 is 0 Å². The number of nitrogens with zero attached hydrogens (tertiary/aromatic N) is 1. The second-order valence-corrected chi connectivity index (χ2v) is 4.83. The molecule has 0 bridgehead atoms. The van der Waals surface area contributed by atoms with E-state index in [1.807, 2.05) is 37.4 Å². The summed E-state index contributed by atoms with van der Waals surface area (Å²) >= 11 is 1.68. The number of hydrogen-bond donors (Lipinski definition) is 1. The van der Waals surface area contributed by atoms with Crippen LogP contribution in [0.3, 0.4) is 0 Å². The van der Waals surface area contributed by atoms with Crippen molar-refractivity contribution in [2.75, 3.05) is 19.3 Å². The Morgan fingerprint density at radius 2 is 2.11 bits per heavy atom. The highest BCUT2D eigenvalue weighted by atomic mass is 32.2. The van der Waals surface area contributed by atoms with Crippen molar-refractivity contribution in [3.05, 3.63) is 29.8 Å². The lowest BCUT2D eigenvalue weighted by Gasteiger charge is -2.25. The van der Waals surface area contributed by atoms with E-state index in [9.17, 15) is 4.79 Å². The quantitative estimate of drug-likeness (QED) is 0.632. The van der Waals surface area contributed by atoms with Crippen LogP contribution in [0.4, 0.5) is 0 Å². The molecule has 1 rings (SSSR count). The Balaban J connectivity index is 2.83. The molecule has 18 heavy (non-hydrogen) atoms. The largest absolute Gasteiger partial charge is 0.480 e. The third kappa shape index (κ3) is 4.10. The molecule has 0 fully saturated rings. The van der Waals surface area contributed by atoms with E-state index in [-0.39, 0.29) is 12.6 Å². The van der Waals surface area contributed by atoms with Crippen LogP contribution in [0.25, 0.3) is 0 Å². The summed E-state index contributed by atoms with van der Waals surface area (Å²) in [4.78, 5) is 13.8. The fraction of sp³-hybridized carbons (Fsp3) is 0.357. The van der Waals surface area contributed by atoms with Gasteiger partial charge < -0.3 is 5.11 Å². The molecule has 1 atom stereocenters. The minimum atomic E-state index is -0.863. The Labute approximate surface area is 112 Å². The maximum atomic E-state index is 10.8. The minimum absolute atomic E-state index is 0.00643. The van der Waals surface area contributed by atoms with Crippen LogP contribution in [0.15, 0.2) is 29.2 Å².